The van der Waals surface area contributed by atoms with E-state index in [1.54, 1.807) is 19.6 Å². The van der Waals surface area contributed by atoms with Crippen molar-refractivity contribution >= 4 is 23.6 Å². The van der Waals surface area contributed by atoms with Crippen molar-refractivity contribution in [2.75, 3.05) is 39.3 Å². The van der Waals surface area contributed by atoms with E-state index in [-0.39, 0.29) is 85.1 Å². The number of nitrogens with zero attached hydrogens (tertiary/aromatic N) is 6. The number of nitrogens with one attached hydrogen (secondary N) is 2. The minimum absolute atomic E-state index is 0.0830. The Morgan fingerprint density at radius 3 is 0.700 bits per heavy atom. The molecule has 8 rings (SSSR count). The van der Waals surface area contributed by atoms with Crippen LogP contribution in [0.4, 0.5) is 0 Å². The van der Waals surface area contributed by atoms with E-state index in [1.807, 2.05) is 55.4 Å². The molecule has 0 aliphatic carbocycles. The average molecular weight is 1130 g/mol. The van der Waals surface area contributed by atoms with Gasteiger partial charge in [-0.15, -0.1) is 0 Å². The van der Waals surface area contributed by atoms with Gasteiger partial charge in [0.2, 0.25) is 0 Å². The molecule has 0 aromatic heterocycles. The number of carbonyl (C=O) groups excluding carboxylic acids is 4. The number of hydrogen-bond acceptors (Lipinski definition) is 15. The topological polar surface area (TPSA) is 209 Å². The number of β-amino-alcohol motifs (C(OH)–C–C–N with tert-alkyl or cyclic N) is 3. The van der Waals surface area contributed by atoms with Crippen LogP contribution in [0.15, 0.2) is 0 Å². The Labute approximate surface area is 480 Å². The lowest BCUT2D eigenvalue weighted by atomic mass is 9.70. The molecular weight excluding hydrogens is 1020 g/mol. The van der Waals surface area contributed by atoms with Crippen LogP contribution >= 0.6 is 0 Å². The van der Waals surface area contributed by atoms with Gasteiger partial charge >= 0.3 is 0 Å². The van der Waals surface area contributed by atoms with Crippen LogP contribution in [0, 0.1) is 0 Å². The van der Waals surface area contributed by atoms with Crippen LogP contribution in [0.1, 0.15) is 218 Å². The second-order valence-electron chi connectivity index (χ2n) is 33.5. The van der Waals surface area contributed by atoms with Crippen LogP contribution in [-0.2, 0) is 38.1 Å². The third-order valence-electron chi connectivity index (χ3n) is 19.3. The van der Waals surface area contributed by atoms with Crippen molar-refractivity contribution in [3.63, 3.8) is 0 Å². The van der Waals surface area contributed by atoms with Gasteiger partial charge in [-0.2, -0.15) is 0 Å². The monoisotopic (exact) mass is 1130 g/mol. The summed E-state index contributed by atoms with van der Waals surface area (Å²) in [7, 11) is 0. The highest BCUT2D eigenvalue weighted by atomic mass is 16.6. The summed E-state index contributed by atoms with van der Waals surface area (Å²) in [5.41, 5.74) is -12.6. The number of amides is 4. The van der Waals surface area contributed by atoms with Gasteiger partial charge in [0, 0.05) is 109 Å². The standard InChI is InChI=1S/C61H108N8O11/c1-46(2)31-58(32-47(3,4)62-46)42(73)66(54(17,18)77-58)27-40(71)29-68-50(9,10)35-60(36-51(68,11)12)44(75)64(56(21,22)79-60)25-39(70)26-65-45(76)61(80-57(65,23)24)37-52(13,14)69(53(15,16)38-61)30-41(72)28-67-43(74)59(78-55(67,19)20)33-48(5,6)63-49(7,8)34-59/h39-41,62-63,70-72H,25-38H2,1-24H3. The van der Waals surface area contributed by atoms with Gasteiger partial charge in [0.15, 0.2) is 22.4 Å². The first kappa shape index (κ1) is 63.5. The summed E-state index contributed by atoms with van der Waals surface area (Å²) in [6.07, 6.45) is 0.293. The van der Waals surface area contributed by atoms with Crippen molar-refractivity contribution in [2.24, 2.45) is 0 Å². The molecule has 4 amide bonds. The summed E-state index contributed by atoms with van der Waals surface area (Å²) in [4.78, 5) is 70.3. The largest absolute Gasteiger partial charge is 0.390 e. The molecule has 2 unspecified atom stereocenters. The summed E-state index contributed by atoms with van der Waals surface area (Å²) in [6, 6.07) is 0. The molecule has 0 saturated carbocycles. The normalized spacial score (nSPS) is 32.4. The lowest BCUT2D eigenvalue weighted by Crippen LogP contribution is -2.69. The number of ether oxygens (including phenoxy) is 4. The van der Waals surface area contributed by atoms with Gasteiger partial charge in [-0.1, -0.05) is 0 Å². The Morgan fingerprint density at radius 1 is 0.325 bits per heavy atom. The van der Waals surface area contributed by atoms with Crippen molar-refractivity contribution < 1.29 is 53.4 Å². The SMILES string of the molecule is CC1(C)CC2(CC(C)(C)N1)OC(C)(C)N(CC(O)CN1C(C)(C)CC3(CC1(C)C)OC(C)(C)N(CC(O)CN1C(=O)C4(CC(C)(C)N(CC(O)CN5C(=O)C6(CC(C)(C)NC(C)(C)C6)OC5(C)C)C(C)(C)C4)OC1(C)C)C3=O)C2=O. The second kappa shape index (κ2) is 18.7. The van der Waals surface area contributed by atoms with Crippen LogP contribution in [-0.4, -0.2) is 216 Å². The van der Waals surface area contributed by atoms with Crippen LogP contribution in [0.5, 0.6) is 0 Å². The molecule has 2 atom stereocenters. The van der Waals surface area contributed by atoms with E-state index in [2.05, 4.69) is 131 Å². The zero-order chi connectivity index (χ0) is 60.6. The number of aliphatic hydroxyl groups excluding tert-OH is 3. The van der Waals surface area contributed by atoms with Gasteiger partial charge in [-0.25, -0.2) is 0 Å². The minimum Gasteiger partial charge on any atom is -0.390 e. The lowest BCUT2D eigenvalue weighted by Gasteiger charge is -2.58. The third kappa shape index (κ3) is 11.2. The molecule has 8 aliphatic heterocycles. The Balaban J connectivity index is 0.911. The maximum atomic E-state index is 15.1. The first-order valence-electron chi connectivity index (χ1n) is 29.9. The van der Waals surface area contributed by atoms with E-state index < -0.39 is 85.8 Å². The highest BCUT2D eigenvalue weighted by Crippen LogP contribution is 2.55. The zero-order valence-corrected chi connectivity index (χ0v) is 53.9. The molecule has 4 spiro atoms. The second-order valence-corrected chi connectivity index (χ2v) is 33.5. The van der Waals surface area contributed by atoms with Crippen LogP contribution in [0.25, 0.3) is 0 Å². The molecule has 0 radical (unpaired) electrons. The summed E-state index contributed by atoms with van der Waals surface area (Å²) in [5.74, 6) is -0.669. The fraction of sp³-hybridized carbons (Fsp3) is 0.934. The smallest absolute Gasteiger partial charge is 0.257 e. The van der Waals surface area contributed by atoms with Crippen molar-refractivity contribution in [2.45, 2.75) is 325 Å². The van der Waals surface area contributed by atoms with E-state index in [9.17, 15) is 24.9 Å². The number of aliphatic hydroxyl groups is 3. The van der Waals surface area contributed by atoms with Gasteiger partial charge in [0.1, 0.15) is 22.9 Å². The maximum absolute atomic E-state index is 15.1. The Kier molecular flexibility index (Phi) is 14.9. The molecule has 8 saturated heterocycles. The van der Waals surface area contributed by atoms with Crippen LogP contribution < -0.4 is 10.6 Å². The van der Waals surface area contributed by atoms with Crippen molar-refractivity contribution in [1.82, 2.24) is 40.0 Å². The Hall–Kier alpha value is -2.56. The summed E-state index contributed by atoms with van der Waals surface area (Å²) in [5, 5.41) is 43.4. The minimum atomic E-state index is -1.24. The average Bonchev–Trinajstić information content (AvgIpc) is 3.64. The molecule has 458 valence electrons. The number of rotatable bonds is 12. The van der Waals surface area contributed by atoms with E-state index in [0.29, 0.717) is 51.4 Å². The predicted molar refractivity (Wildman–Crippen MR) is 306 cm³/mol. The molecule has 19 heteroatoms. The highest BCUT2D eigenvalue weighted by Gasteiger charge is 2.69. The van der Waals surface area contributed by atoms with Crippen molar-refractivity contribution in [1.29, 1.82) is 0 Å². The molecule has 0 aromatic carbocycles. The number of carbonyl (C=O) groups is 4. The Bertz CT molecular complexity index is 2240. The van der Waals surface area contributed by atoms with Gasteiger partial charge in [0.25, 0.3) is 23.6 Å². The summed E-state index contributed by atoms with van der Waals surface area (Å²) in [6.45, 7) is 48.7. The van der Waals surface area contributed by atoms with E-state index in [0.717, 1.165) is 0 Å². The van der Waals surface area contributed by atoms with Crippen LogP contribution in [0.2, 0.25) is 0 Å². The van der Waals surface area contributed by atoms with Gasteiger partial charge in [-0.3, -0.25) is 29.0 Å². The predicted octanol–water partition coefficient (Wildman–Crippen LogP) is 5.59. The molecule has 8 aliphatic rings. The van der Waals surface area contributed by atoms with E-state index in [4.69, 9.17) is 18.9 Å². The molecule has 19 nitrogen and oxygen atoms in total. The molecule has 0 bridgehead atoms. The van der Waals surface area contributed by atoms with Crippen molar-refractivity contribution in [3.8, 4) is 0 Å². The fourth-order valence-corrected chi connectivity index (χ4v) is 18.7. The summed E-state index contributed by atoms with van der Waals surface area (Å²) >= 11 is 0. The number of hydrogen-bond donors (Lipinski definition) is 5. The lowest BCUT2D eigenvalue weighted by molar-refractivity contribution is -0.191. The molecule has 8 heterocycles. The number of likely N-dealkylation sites (tertiary alicyclic amines) is 2. The molecule has 8 fully saturated rings. The first-order valence-corrected chi connectivity index (χ1v) is 29.9. The number of piperidine rings is 4. The molecular formula is C61H108N8O11. The van der Waals surface area contributed by atoms with Crippen LogP contribution in [0.3, 0.4) is 0 Å². The van der Waals surface area contributed by atoms with Crippen molar-refractivity contribution in [3.05, 3.63) is 0 Å². The van der Waals surface area contributed by atoms with Gasteiger partial charge in [0.05, 0.1) is 44.5 Å². The zero-order valence-electron chi connectivity index (χ0n) is 53.9. The Morgan fingerprint density at radius 2 is 0.500 bits per heavy atom. The van der Waals surface area contributed by atoms with Gasteiger partial charge < -0.3 is 64.5 Å². The molecule has 5 N–H and O–H groups in total. The maximum Gasteiger partial charge on any atom is 0.257 e. The highest BCUT2D eigenvalue weighted by molar-refractivity contribution is 5.90. The summed E-state index contributed by atoms with van der Waals surface area (Å²) < 4.78 is 27.3. The molecule has 0 aromatic rings. The quantitative estimate of drug-likeness (QED) is 0.161. The first-order chi connectivity index (χ1) is 35.6. The fourth-order valence-electron chi connectivity index (χ4n) is 18.7. The van der Waals surface area contributed by atoms with E-state index in [1.165, 1.54) is 0 Å². The van der Waals surface area contributed by atoms with Gasteiger partial charge in [-0.05, 0) is 166 Å². The molecule has 80 heavy (non-hydrogen) atoms. The van der Waals surface area contributed by atoms with E-state index >= 15 is 9.59 Å². The third-order valence-corrected chi connectivity index (χ3v) is 19.3.